The van der Waals surface area contributed by atoms with E-state index in [0.717, 1.165) is 19.5 Å². The van der Waals surface area contributed by atoms with Crippen molar-refractivity contribution in [2.24, 2.45) is 0 Å². The molecule has 0 radical (unpaired) electrons. The van der Waals surface area contributed by atoms with E-state index in [9.17, 15) is 4.79 Å². The molecule has 1 aliphatic heterocycles. The van der Waals surface area contributed by atoms with Crippen LogP contribution in [0.25, 0.3) is 0 Å². The number of likely N-dealkylation sites (tertiary alicyclic amines) is 1. The first-order valence-electron chi connectivity index (χ1n) is 7.10. The number of thiazole rings is 1. The molecule has 1 aromatic rings. The van der Waals surface area contributed by atoms with Crippen molar-refractivity contribution in [1.29, 1.82) is 0 Å². The minimum atomic E-state index is -0.122. The molecule has 20 heavy (non-hydrogen) atoms. The molecule has 7 heteroatoms. The lowest BCUT2D eigenvalue weighted by molar-refractivity contribution is 0.0933. The van der Waals surface area contributed by atoms with E-state index in [1.54, 1.807) is 0 Å². The van der Waals surface area contributed by atoms with Crippen LogP contribution in [0.5, 0.6) is 0 Å². The highest BCUT2D eigenvalue weighted by Crippen LogP contribution is 2.24. The highest BCUT2D eigenvalue weighted by atomic mass is 32.1. The van der Waals surface area contributed by atoms with Gasteiger partial charge in [0.15, 0.2) is 5.13 Å². The summed E-state index contributed by atoms with van der Waals surface area (Å²) >= 11 is 1.31. The summed E-state index contributed by atoms with van der Waals surface area (Å²) in [7, 11) is 2.11. The zero-order chi connectivity index (χ0) is 14.5. The maximum absolute atomic E-state index is 12.2. The number of carbonyl (C=O) groups excluding carboxylic acids is 1. The molecular formula is C13H23N5OS. The van der Waals surface area contributed by atoms with Crippen LogP contribution in [0.2, 0.25) is 0 Å². The van der Waals surface area contributed by atoms with Crippen molar-refractivity contribution < 1.29 is 4.79 Å². The Labute approximate surface area is 123 Å². The number of piperidine rings is 1. The Balaban J connectivity index is 1.91. The highest BCUT2D eigenvalue weighted by molar-refractivity contribution is 7.18. The molecule has 0 aromatic carbocycles. The number of nitrogens with one attached hydrogen (secondary N) is 2. The van der Waals surface area contributed by atoms with E-state index in [-0.39, 0.29) is 5.91 Å². The van der Waals surface area contributed by atoms with Crippen LogP contribution in [-0.2, 0) is 0 Å². The van der Waals surface area contributed by atoms with Gasteiger partial charge in [0.1, 0.15) is 10.7 Å². The smallest absolute Gasteiger partial charge is 0.265 e. The minimum absolute atomic E-state index is 0.122. The van der Waals surface area contributed by atoms with Crippen molar-refractivity contribution in [3.05, 3.63) is 4.88 Å². The third-order valence-electron chi connectivity index (χ3n) is 3.61. The summed E-state index contributed by atoms with van der Waals surface area (Å²) in [6, 6.07) is 0.426. The average Bonchev–Trinajstić information content (AvgIpc) is 2.79. The topological polar surface area (TPSA) is 83.3 Å². The number of hydrogen-bond donors (Lipinski definition) is 3. The van der Waals surface area contributed by atoms with Gasteiger partial charge < -0.3 is 21.3 Å². The van der Waals surface area contributed by atoms with E-state index in [0.29, 0.717) is 28.4 Å². The SMILES string of the molecule is CCNc1nc(N)c(C(=O)NCC2CCCCN2C)s1. The average molecular weight is 297 g/mol. The number of aromatic nitrogens is 1. The minimum Gasteiger partial charge on any atom is -0.382 e. The van der Waals surface area contributed by atoms with Gasteiger partial charge >= 0.3 is 0 Å². The monoisotopic (exact) mass is 297 g/mol. The lowest BCUT2D eigenvalue weighted by atomic mass is 10.0. The van der Waals surface area contributed by atoms with Crippen molar-refractivity contribution in [2.75, 3.05) is 37.7 Å². The van der Waals surface area contributed by atoms with Crippen molar-refractivity contribution in [2.45, 2.75) is 32.2 Å². The largest absolute Gasteiger partial charge is 0.382 e. The van der Waals surface area contributed by atoms with Gasteiger partial charge in [-0.05, 0) is 33.4 Å². The maximum atomic E-state index is 12.2. The van der Waals surface area contributed by atoms with Gasteiger partial charge in [0.05, 0.1) is 0 Å². The molecule has 1 aliphatic rings. The summed E-state index contributed by atoms with van der Waals surface area (Å²) in [5, 5.41) is 6.75. The van der Waals surface area contributed by atoms with Gasteiger partial charge in [-0.2, -0.15) is 0 Å². The molecular weight excluding hydrogens is 274 g/mol. The molecule has 1 amide bonds. The predicted molar refractivity (Wildman–Crippen MR) is 83.3 cm³/mol. The Bertz CT molecular complexity index is 462. The van der Waals surface area contributed by atoms with Crippen LogP contribution in [0.3, 0.4) is 0 Å². The molecule has 2 rings (SSSR count). The van der Waals surface area contributed by atoms with Gasteiger partial charge in [-0.3, -0.25) is 4.79 Å². The molecule has 1 atom stereocenters. The molecule has 1 saturated heterocycles. The number of nitrogens with zero attached hydrogens (tertiary/aromatic N) is 2. The second-order valence-corrected chi connectivity index (χ2v) is 6.10. The molecule has 0 aliphatic carbocycles. The van der Waals surface area contributed by atoms with Gasteiger partial charge in [-0.1, -0.05) is 17.8 Å². The summed E-state index contributed by atoms with van der Waals surface area (Å²) in [6.07, 6.45) is 3.62. The zero-order valence-corrected chi connectivity index (χ0v) is 12.9. The summed E-state index contributed by atoms with van der Waals surface area (Å²) < 4.78 is 0. The number of nitrogen functional groups attached to an aromatic ring is 1. The van der Waals surface area contributed by atoms with Gasteiger partial charge in [0.2, 0.25) is 0 Å². The Morgan fingerprint density at radius 1 is 1.55 bits per heavy atom. The van der Waals surface area contributed by atoms with Crippen LogP contribution in [0.4, 0.5) is 10.9 Å². The lowest BCUT2D eigenvalue weighted by Gasteiger charge is -2.32. The van der Waals surface area contributed by atoms with Crippen LogP contribution >= 0.6 is 11.3 Å². The predicted octanol–water partition coefficient (Wildman–Crippen LogP) is 1.37. The fourth-order valence-electron chi connectivity index (χ4n) is 2.41. The van der Waals surface area contributed by atoms with E-state index in [2.05, 4.69) is 27.6 Å². The normalized spacial score (nSPS) is 19.8. The van der Waals surface area contributed by atoms with Crippen molar-refractivity contribution >= 4 is 28.2 Å². The lowest BCUT2D eigenvalue weighted by Crippen LogP contribution is -2.44. The number of nitrogens with two attached hydrogens (primary N) is 1. The third kappa shape index (κ3) is 3.61. The molecule has 1 aromatic heterocycles. The molecule has 1 unspecified atom stereocenters. The Morgan fingerprint density at radius 2 is 2.35 bits per heavy atom. The van der Waals surface area contributed by atoms with Gasteiger partial charge in [-0.25, -0.2) is 4.98 Å². The summed E-state index contributed by atoms with van der Waals surface area (Å²) in [4.78, 5) is 19.1. The number of anilines is 2. The number of carbonyl (C=O) groups is 1. The first-order chi connectivity index (χ1) is 9.61. The Morgan fingerprint density at radius 3 is 3.05 bits per heavy atom. The summed E-state index contributed by atoms with van der Waals surface area (Å²) in [5.41, 5.74) is 5.80. The summed E-state index contributed by atoms with van der Waals surface area (Å²) in [5.74, 6) is 0.184. The second kappa shape index (κ2) is 6.90. The first kappa shape index (κ1) is 15.1. The van der Waals surface area contributed by atoms with Crippen LogP contribution < -0.4 is 16.4 Å². The number of hydrogen-bond acceptors (Lipinski definition) is 6. The zero-order valence-electron chi connectivity index (χ0n) is 12.1. The second-order valence-electron chi connectivity index (χ2n) is 5.10. The molecule has 6 nitrogen and oxygen atoms in total. The molecule has 0 spiro atoms. The van der Waals surface area contributed by atoms with E-state index in [1.165, 1.54) is 24.2 Å². The van der Waals surface area contributed by atoms with Crippen LogP contribution in [-0.4, -0.2) is 48.5 Å². The summed E-state index contributed by atoms with van der Waals surface area (Å²) in [6.45, 7) is 4.52. The fourth-order valence-corrected chi connectivity index (χ4v) is 3.28. The maximum Gasteiger partial charge on any atom is 0.265 e. The van der Waals surface area contributed by atoms with E-state index in [1.807, 2.05) is 6.92 Å². The van der Waals surface area contributed by atoms with E-state index < -0.39 is 0 Å². The van der Waals surface area contributed by atoms with Crippen molar-refractivity contribution in [3.63, 3.8) is 0 Å². The van der Waals surface area contributed by atoms with E-state index in [4.69, 9.17) is 5.73 Å². The van der Waals surface area contributed by atoms with Gasteiger partial charge in [0, 0.05) is 19.1 Å². The van der Waals surface area contributed by atoms with Crippen LogP contribution in [0.15, 0.2) is 0 Å². The first-order valence-corrected chi connectivity index (χ1v) is 7.92. The molecule has 0 bridgehead atoms. The van der Waals surface area contributed by atoms with E-state index >= 15 is 0 Å². The molecule has 112 valence electrons. The Hall–Kier alpha value is -1.34. The molecule has 4 N–H and O–H groups in total. The third-order valence-corrected chi connectivity index (χ3v) is 4.63. The van der Waals surface area contributed by atoms with Crippen molar-refractivity contribution in [1.82, 2.24) is 15.2 Å². The van der Waals surface area contributed by atoms with Gasteiger partial charge in [0.25, 0.3) is 5.91 Å². The highest BCUT2D eigenvalue weighted by Gasteiger charge is 2.21. The molecule has 2 heterocycles. The van der Waals surface area contributed by atoms with Crippen molar-refractivity contribution in [3.8, 4) is 0 Å². The molecule has 0 saturated carbocycles. The standard InChI is InChI=1S/C13H23N5OS/c1-3-15-13-17-11(14)10(20-13)12(19)16-8-9-6-4-5-7-18(9)2/h9H,3-8,14H2,1-2H3,(H,15,17)(H,16,19). The van der Waals surface area contributed by atoms with Gasteiger partial charge in [-0.15, -0.1) is 0 Å². The van der Waals surface area contributed by atoms with Crippen LogP contribution in [0, 0.1) is 0 Å². The molecule has 1 fully saturated rings. The quantitative estimate of drug-likeness (QED) is 0.764. The number of likely N-dealkylation sites (N-methyl/N-ethyl adjacent to an activating group) is 1. The number of amides is 1. The Kier molecular flexibility index (Phi) is 5.19. The number of rotatable bonds is 5. The fraction of sp³-hybridized carbons (Fsp3) is 0.692. The van der Waals surface area contributed by atoms with Crippen LogP contribution in [0.1, 0.15) is 35.9 Å².